The number of benzene rings is 2. The minimum absolute atomic E-state index is 0.00579. The molecule has 2 rings (SSSR count). The Morgan fingerprint density at radius 3 is 2.17 bits per heavy atom. The Bertz CT molecular complexity index is 896. The van der Waals surface area contributed by atoms with Gasteiger partial charge in [-0.3, -0.25) is 14.7 Å². The first-order valence-corrected chi connectivity index (χ1v) is 10.4. The molecule has 0 aliphatic carbocycles. The number of hydrogen-bond donors (Lipinski definition) is 1. The highest BCUT2D eigenvalue weighted by atomic mass is 31.2. The Morgan fingerprint density at radius 1 is 1.10 bits per heavy atom. The molecule has 0 radical (unpaired) electrons. The lowest BCUT2D eigenvalue weighted by atomic mass is 9.99. The molecule has 0 bridgehead atoms. The summed E-state index contributed by atoms with van der Waals surface area (Å²) in [5.74, 6) is 0. The maximum atomic E-state index is 13.5. The number of alkyl halides is 3. The number of nitrogens with one attached hydrogen (secondary N) is 1. The van der Waals surface area contributed by atoms with Crippen LogP contribution in [0.5, 0.6) is 0 Å². The molecular weight excluding hydrogens is 412 g/mol. The van der Waals surface area contributed by atoms with Gasteiger partial charge in [-0.25, -0.2) is 0 Å². The maximum absolute atomic E-state index is 13.5. The van der Waals surface area contributed by atoms with Gasteiger partial charge in [0.2, 0.25) is 0 Å². The van der Waals surface area contributed by atoms with Crippen LogP contribution in [0.15, 0.2) is 42.5 Å². The second kappa shape index (κ2) is 9.39. The molecule has 2 aromatic carbocycles. The van der Waals surface area contributed by atoms with Crippen molar-refractivity contribution in [3.8, 4) is 11.1 Å². The van der Waals surface area contributed by atoms with Gasteiger partial charge in [-0.2, -0.15) is 13.2 Å². The molecule has 1 N–H and O–H groups in total. The maximum Gasteiger partial charge on any atom is 0.418 e. The number of anilines is 1. The van der Waals surface area contributed by atoms with Crippen LogP contribution in [0.25, 0.3) is 11.1 Å². The van der Waals surface area contributed by atoms with Gasteiger partial charge in [-0.1, -0.05) is 30.3 Å². The zero-order chi connectivity index (χ0) is 21.7. The summed E-state index contributed by atoms with van der Waals surface area (Å²) in [7, 11) is -3.69. The molecule has 0 aromatic heterocycles. The Kier molecular flexibility index (Phi) is 7.40. The van der Waals surface area contributed by atoms with Crippen molar-refractivity contribution in [1.29, 1.82) is 0 Å². The summed E-state index contributed by atoms with van der Waals surface area (Å²) in [6.45, 7) is 3.24. The quantitative estimate of drug-likeness (QED) is 0.301. The third-order valence-electron chi connectivity index (χ3n) is 3.84. The van der Waals surface area contributed by atoms with Gasteiger partial charge in [0.1, 0.15) is 6.29 Å². The first-order valence-electron chi connectivity index (χ1n) is 8.68. The van der Waals surface area contributed by atoms with Crippen LogP contribution in [-0.2, 0) is 19.8 Å². The molecule has 0 amide bonds. The highest BCUT2D eigenvalue weighted by Gasteiger charge is 2.37. The summed E-state index contributed by atoms with van der Waals surface area (Å²) in [4.78, 5) is 10.5. The van der Waals surface area contributed by atoms with Crippen LogP contribution in [0, 0.1) is 10.1 Å². The van der Waals surface area contributed by atoms with E-state index in [1.54, 1.807) is 44.2 Å². The predicted molar refractivity (Wildman–Crippen MR) is 103 cm³/mol. The van der Waals surface area contributed by atoms with E-state index in [2.05, 4.69) is 5.32 Å². The normalized spacial score (nSPS) is 12.0. The van der Waals surface area contributed by atoms with E-state index < -0.39 is 41.9 Å². The molecule has 0 aliphatic rings. The highest BCUT2D eigenvalue weighted by Crippen LogP contribution is 2.49. The van der Waals surface area contributed by atoms with Crippen molar-refractivity contribution in [3.63, 3.8) is 0 Å². The molecule has 29 heavy (non-hydrogen) atoms. The van der Waals surface area contributed by atoms with Gasteiger partial charge in [-0.05, 0) is 25.5 Å². The van der Waals surface area contributed by atoms with E-state index in [0.29, 0.717) is 11.6 Å². The van der Waals surface area contributed by atoms with Crippen molar-refractivity contribution >= 4 is 19.0 Å². The lowest BCUT2D eigenvalue weighted by Crippen LogP contribution is -2.14. The fourth-order valence-corrected chi connectivity index (χ4v) is 4.08. The van der Waals surface area contributed by atoms with Gasteiger partial charge in [0.15, 0.2) is 0 Å². The number of hydrogen-bond acceptors (Lipinski definition) is 6. The number of nitro groups is 1. The van der Waals surface area contributed by atoms with Crippen molar-refractivity contribution in [2.75, 3.05) is 24.8 Å². The van der Waals surface area contributed by atoms with Crippen molar-refractivity contribution in [2.24, 2.45) is 0 Å². The SMILES string of the molecule is CCOP(=O)(CNc1cc(-c2ccccc2)c([N+](=O)[O-])cc1C(F)(F)F)OCC. The average molecular weight is 432 g/mol. The number of nitrogens with zero attached hydrogens (tertiary/aromatic N) is 1. The summed E-state index contributed by atoms with van der Waals surface area (Å²) in [5, 5.41) is 13.9. The third kappa shape index (κ3) is 5.79. The fraction of sp³-hybridized carbons (Fsp3) is 0.333. The van der Waals surface area contributed by atoms with Gasteiger partial charge >= 0.3 is 13.8 Å². The topological polar surface area (TPSA) is 90.7 Å². The van der Waals surface area contributed by atoms with Gasteiger partial charge in [-0.15, -0.1) is 0 Å². The van der Waals surface area contributed by atoms with E-state index in [1.165, 1.54) is 0 Å². The molecule has 0 saturated carbocycles. The summed E-state index contributed by atoms with van der Waals surface area (Å²) >= 11 is 0. The van der Waals surface area contributed by atoms with E-state index in [4.69, 9.17) is 9.05 Å². The molecule has 0 spiro atoms. The molecule has 0 fully saturated rings. The minimum Gasteiger partial charge on any atom is -0.373 e. The van der Waals surface area contributed by atoms with Crippen molar-refractivity contribution < 1.29 is 31.7 Å². The Labute approximate surface area is 165 Å². The second-order valence-corrected chi connectivity index (χ2v) is 7.87. The lowest BCUT2D eigenvalue weighted by molar-refractivity contribution is -0.384. The molecule has 0 heterocycles. The fourth-order valence-electron chi connectivity index (χ4n) is 2.67. The van der Waals surface area contributed by atoms with E-state index in [9.17, 15) is 27.9 Å². The molecule has 2 aromatic rings. The van der Waals surface area contributed by atoms with Gasteiger partial charge < -0.3 is 14.4 Å². The first-order chi connectivity index (χ1) is 13.6. The summed E-state index contributed by atoms with van der Waals surface area (Å²) in [6.07, 6.45) is -5.40. The van der Waals surface area contributed by atoms with Crippen LogP contribution in [0.1, 0.15) is 19.4 Å². The van der Waals surface area contributed by atoms with Crippen LogP contribution >= 0.6 is 7.60 Å². The van der Waals surface area contributed by atoms with Crippen molar-refractivity contribution in [2.45, 2.75) is 20.0 Å². The van der Waals surface area contributed by atoms with Crippen molar-refractivity contribution in [1.82, 2.24) is 0 Å². The molecule has 0 atom stereocenters. The van der Waals surface area contributed by atoms with Gasteiger partial charge in [0.25, 0.3) is 5.69 Å². The smallest absolute Gasteiger partial charge is 0.373 e. The van der Waals surface area contributed by atoms with Gasteiger partial charge in [0, 0.05) is 11.8 Å². The lowest BCUT2D eigenvalue weighted by Gasteiger charge is -2.20. The van der Waals surface area contributed by atoms with E-state index in [1.807, 2.05) is 0 Å². The second-order valence-electron chi connectivity index (χ2n) is 5.82. The first kappa shape index (κ1) is 22.9. The van der Waals surface area contributed by atoms with E-state index >= 15 is 0 Å². The Hall–Kier alpha value is -2.42. The minimum atomic E-state index is -4.87. The molecule has 0 saturated heterocycles. The van der Waals surface area contributed by atoms with Crippen LogP contribution in [0.2, 0.25) is 0 Å². The summed E-state index contributed by atoms with van der Waals surface area (Å²) in [5.41, 5.74) is -2.03. The number of nitro benzene ring substituents is 1. The number of halogens is 3. The van der Waals surface area contributed by atoms with E-state index in [-0.39, 0.29) is 18.8 Å². The van der Waals surface area contributed by atoms with Crippen molar-refractivity contribution in [3.05, 3.63) is 58.1 Å². The van der Waals surface area contributed by atoms with Crippen LogP contribution in [-0.4, -0.2) is 24.4 Å². The molecular formula is C18H20F3N2O5P. The Morgan fingerprint density at radius 2 is 1.69 bits per heavy atom. The molecule has 0 aliphatic heterocycles. The summed E-state index contributed by atoms with van der Waals surface area (Å²) < 4.78 is 63.4. The zero-order valence-corrected chi connectivity index (χ0v) is 16.6. The van der Waals surface area contributed by atoms with E-state index in [0.717, 1.165) is 6.07 Å². The van der Waals surface area contributed by atoms with Crippen LogP contribution < -0.4 is 5.32 Å². The standard InChI is InChI=1S/C18H20F3N2O5P/c1-3-27-29(26,28-4-2)12-22-16-10-14(13-8-6-5-7-9-13)17(23(24)25)11-15(16)18(19,20)21/h5-11,22H,3-4,12H2,1-2H3. The zero-order valence-electron chi connectivity index (χ0n) is 15.7. The molecule has 7 nitrogen and oxygen atoms in total. The van der Waals surface area contributed by atoms with Crippen LogP contribution in [0.4, 0.5) is 24.5 Å². The molecule has 0 unspecified atom stereocenters. The average Bonchev–Trinajstić information content (AvgIpc) is 2.66. The molecule has 11 heteroatoms. The van der Waals surface area contributed by atoms with Gasteiger partial charge in [0.05, 0.1) is 29.3 Å². The predicted octanol–water partition coefficient (Wildman–Crippen LogP) is 5.92. The largest absolute Gasteiger partial charge is 0.418 e. The molecule has 158 valence electrons. The highest BCUT2D eigenvalue weighted by molar-refractivity contribution is 7.53. The monoisotopic (exact) mass is 432 g/mol. The van der Waals surface area contributed by atoms with Crippen LogP contribution in [0.3, 0.4) is 0 Å². The number of rotatable bonds is 9. The Balaban J connectivity index is 2.57. The third-order valence-corrected chi connectivity index (χ3v) is 5.69. The summed E-state index contributed by atoms with van der Waals surface area (Å²) in [6, 6.07) is 9.49.